The van der Waals surface area contributed by atoms with Crippen LogP contribution in [0, 0.1) is 0 Å². The zero-order chi connectivity index (χ0) is 17.0. The molecular weight excluding hydrogens is 330 g/mol. The zero-order valence-corrected chi connectivity index (χ0v) is 14.4. The quantitative estimate of drug-likeness (QED) is 0.474. The van der Waals surface area contributed by atoms with Gasteiger partial charge < -0.3 is 20.6 Å². The number of nitrogens with one attached hydrogen (secondary N) is 1. The maximum atomic E-state index is 12.4. The molecule has 0 bridgehead atoms. The Labute approximate surface area is 147 Å². The number of hydrogen-bond donors (Lipinski definition) is 4. The lowest BCUT2D eigenvalue weighted by Crippen LogP contribution is -2.41. The van der Waals surface area contributed by atoms with Crippen molar-refractivity contribution in [3.63, 3.8) is 0 Å². The van der Waals surface area contributed by atoms with Crippen molar-refractivity contribution >= 4 is 18.2 Å². The van der Waals surface area contributed by atoms with Crippen LogP contribution in [0.2, 0.25) is 0 Å². The van der Waals surface area contributed by atoms with Crippen LogP contribution < -0.4 is 5.32 Å². The van der Waals surface area contributed by atoms with Crippen LogP contribution in [0.3, 0.4) is 0 Å². The molecule has 5 nitrogen and oxygen atoms in total. The summed E-state index contributed by atoms with van der Waals surface area (Å²) in [6.07, 6.45) is 0.721. The highest BCUT2D eigenvalue weighted by Gasteiger charge is 2.18. The summed E-state index contributed by atoms with van der Waals surface area (Å²) in [5.74, 6) is -0.481. The van der Waals surface area contributed by atoms with Crippen molar-refractivity contribution in [3.05, 3.63) is 53.6 Å². The SMILES string of the molecule is CC(Cc1ccc(O)cc1)NC(C)C(=O)c1ccc(O)c(O)c1.Cl. The summed E-state index contributed by atoms with van der Waals surface area (Å²) in [5, 5.41) is 31.3. The normalized spacial score (nSPS) is 12.9. The molecule has 2 rings (SSSR count). The summed E-state index contributed by atoms with van der Waals surface area (Å²) in [6.45, 7) is 3.74. The summed E-state index contributed by atoms with van der Waals surface area (Å²) in [6, 6.07) is 10.6. The Morgan fingerprint density at radius 3 is 2.21 bits per heavy atom. The Morgan fingerprint density at radius 1 is 1.00 bits per heavy atom. The van der Waals surface area contributed by atoms with Gasteiger partial charge in [-0.25, -0.2) is 0 Å². The molecule has 24 heavy (non-hydrogen) atoms. The largest absolute Gasteiger partial charge is 0.508 e. The first kappa shape index (κ1) is 19.8. The van der Waals surface area contributed by atoms with E-state index < -0.39 is 6.04 Å². The Morgan fingerprint density at radius 2 is 1.62 bits per heavy atom. The van der Waals surface area contributed by atoms with Gasteiger partial charge in [0.25, 0.3) is 0 Å². The van der Waals surface area contributed by atoms with Crippen LogP contribution in [-0.2, 0) is 6.42 Å². The van der Waals surface area contributed by atoms with Crippen LogP contribution in [0.5, 0.6) is 17.2 Å². The van der Waals surface area contributed by atoms with Gasteiger partial charge in [0, 0.05) is 11.6 Å². The third-order valence-corrected chi connectivity index (χ3v) is 3.67. The fourth-order valence-electron chi connectivity index (χ4n) is 2.47. The highest BCUT2D eigenvalue weighted by atomic mass is 35.5. The van der Waals surface area contributed by atoms with Crippen LogP contribution in [-0.4, -0.2) is 33.2 Å². The number of benzene rings is 2. The van der Waals surface area contributed by atoms with E-state index >= 15 is 0 Å². The number of phenols is 3. The maximum absolute atomic E-state index is 12.4. The van der Waals surface area contributed by atoms with Crippen molar-refractivity contribution in [2.24, 2.45) is 0 Å². The first-order chi connectivity index (χ1) is 10.9. The van der Waals surface area contributed by atoms with Gasteiger partial charge in [0.1, 0.15) is 5.75 Å². The molecule has 2 unspecified atom stereocenters. The molecule has 0 aliphatic heterocycles. The van der Waals surface area contributed by atoms with Crippen molar-refractivity contribution in [1.29, 1.82) is 0 Å². The monoisotopic (exact) mass is 351 g/mol. The maximum Gasteiger partial charge on any atom is 0.179 e. The van der Waals surface area contributed by atoms with Crippen LogP contribution in [0.4, 0.5) is 0 Å². The Hall–Kier alpha value is -2.24. The average molecular weight is 352 g/mol. The minimum absolute atomic E-state index is 0. The summed E-state index contributed by atoms with van der Waals surface area (Å²) in [7, 11) is 0. The summed E-state index contributed by atoms with van der Waals surface area (Å²) >= 11 is 0. The number of phenolic OH excluding ortho intramolecular Hbond substituents is 3. The van der Waals surface area contributed by atoms with Gasteiger partial charge in [-0.15, -0.1) is 12.4 Å². The molecule has 0 spiro atoms. The van der Waals surface area contributed by atoms with Crippen LogP contribution in [0.25, 0.3) is 0 Å². The van der Waals surface area contributed by atoms with Crippen LogP contribution in [0.1, 0.15) is 29.8 Å². The molecule has 0 heterocycles. The second kappa shape index (κ2) is 8.57. The van der Waals surface area contributed by atoms with Gasteiger partial charge in [-0.3, -0.25) is 4.79 Å². The molecule has 0 radical (unpaired) electrons. The smallest absolute Gasteiger partial charge is 0.179 e. The second-order valence-electron chi connectivity index (χ2n) is 5.73. The number of hydrogen-bond acceptors (Lipinski definition) is 5. The molecular formula is C18H22ClNO4. The van der Waals surface area contributed by atoms with Crippen molar-refractivity contribution in [2.45, 2.75) is 32.4 Å². The van der Waals surface area contributed by atoms with E-state index in [1.807, 2.05) is 19.1 Å². The van der Waals surface area contributed by atoms with Gasteiger partial charge in [-0.1, -0.05) is 12.1 Å². The van der Waals surface area contributed by atoms with E-state index in [0.29, 0.717) is 5.56 Å². The number of halogens is 1. The molecule has 0 fully saturated rings. The van der Waals surface area contributed by atoms with E-state index in [2.05, 4.69) is 5.32 Å². The van der Waals surface area contributed by atoms with Crippen molar-refractivity contribution < 1.29 is 20.1 Å². The zero-order valence-electron chi connectivity index (χ0n) is 13.6. The molecule has 0 saturated carbocycles. The summed E-state index contributed by atoms with van der Waals surface area (Å²) in [4.78, 5) is 12.4. The van der Waals surface area contributed by atoms with Gasteiger partial charge >= 0.3 is 0 Å². The lowest BCUT2D eigenvalue weighted by molar-refractivity contribution is 0.0945. The van der Waals surface area contributed by atoms with Gasteiger partial charge in [0.15, 0.2) is 17.3 Å². The number of carbonyl (C=O) groups is 1. The molecule has 2 atom stereocenters. The molecule has 6 heteroatoms. The van der Waals surface area contributed by atoms with E-state index in [1.54, 1.807) is 19.1 Å². The van der Waals surface area contributed by atoms with Gasteiger partial charge in [-0.05, 0) is 56.2 Å². The third-order valence-electron chi connectivity index (χ3n) is 3.67. The summed E-state index contributed by atoms with van der Waals surface area (Å²) in [5.41, 5.74) is 1.40. The topological polar surface area (TPSA) is 89.8 Å². The fourth-order valence-corrected chi connectivity index (χ4v) is 2.47. The molecule has 130 valence electrons. The van der Waals surface area contributed by atoms with E-state index in [-0.39, 0.29) is 41.5 Å². The van der Waals surface area contributed by atoms with Crippen molar-refractivity contribution in [3.8, 4) is 17.2 Å². The molecule has 0 saturated heterocycles. The minimum Gasteiger partial charge on any atom is -0.508 e. The lowest BCUT2D eigenvalue weighted by atomic mass is 10.0. The van der Waals surface area contributed by atoms with E-state index in [9.17, 15) is 20.1 Å². The first-order valence-corrected chi connectivity index (χ1v) is 7.47. The molecule has 0 aliphatic rings. The van der Waals surface area contributed by atoms with Gasteiger partial charge in [0.05, 0.1) is 6.04 Å². The summed E-state index contributed by atoms with van der Waals surface area (Å²) < 4.78 is 0. The van der Waals surface area contributed by atoms with E-state index in [4.69, 9.17) is 0 Å². The van der Waals surface area contributed by atoms with E-state index in [0.717, 1.165) is 12.0 Å². The van der Waals surface area contributed by atoms with Crippen LogP contribution >= 0.6 is 12.4 Å². The van der Waals surface area contributed by atoms with Crippen molar-refractivity contribution in [1.82, 2.24) is 5.32 Å². The number of carbonyl (C=O) groups excluding carboxylic acids is 1. The third kappa shape index (κ3) is 5.15. The van der Waals surface area contributed by atoms with Gasteiger partial charge in [0.2, 0.25) is 0 Å². The first-order valence-electron chi connectivity index (χ1n) is 7.47. The van der Waals surface area contributed by atoms with Crippen molar-refractivity contribution in [2.75, 3.05) is 0 Å². The fraction of sp³-hybridized carbons (Fsp3) is 0.278. The molecule has 0 aromatic heterocycles. The molecule has 2 aromatic rings. The number of Topliss-reactive ketones (excluding diaryl/α,β-unsaturated/α-hetero) is 1. The lowest BCUT2D eigenvalue weighted by Gasteiger charge is -2.19. The highest BCUT2D eigenvalue weighted by molar-refractivity contribution is 6.00. The van der Waals surface area contributed by atoms with E-state index in [1.165, 1.54) is 18.2 Å². The minimum atomic E-state index is -0.425. The predicted octanol–water partition coefficient (Wildman–Crippen LogP) is 3.02. The molecule has 4 N–H and O–H groups in total. The Balaban J connectivity index is 0.00000288. The molecule has 0 aliphatic carbocycles. The number of rotatable bonds is 6. The standard InChI is InChI=1S/C18H21NO4.ClH/c1-11(9-13-3-6-15(20)7-4-13)19-12(2)18(23)14-5-8-16(21)17(22)10-14;/h3-8,10-12,19-22H,9H2,1-2H3;1H. The average Bonchev–Trinajstić information content (AvgIpc) is 2.51. The second-order valence-corrected chi connectivity index (χ2v) is 5.73. The van der Waals surface area contributed by atoms with Crippen LogP contribution in [0.15, 0.2) is 42.5 Å². The molecule has 2 aromatic carbocycles. The predicted molar refractivity (Wildman–Crippen MR) is 95.2 cm³/mol. The number of aromatic hydroxyl groups is 3. The Bertz CT molecular complexity index is 688. The highest BCUT2D eigenvalue weighted by Crippen LogP contribution is 2.25. The molecule has 0 amide bonds. The Kier molecular flexibility index (Phi) is 7.07. The number of ketones is 1. The van der Waals surface area contributed by atoms with Gasteiger partial charge in [-0.2, -0.15) is 0 Å².